The molecule has 0 saturated heterocycles. The van der Waals surface area contributed by atoms with E-state index in [1.54, 1.807) is 6.07 Å². The minimum absolute atomic E-state index is 0.291. The van der Waals surface area contributed by atoms with Crippen LogP contribution in [0.4, 0.5) is 11.5 Å². The van der Waals surface area contributed by atoms with Gasteiger partial charge in [0.2, 0.25) is 0 Å². The van der Waals surface area contributed by atoms with Crippen molar-refractivity contribution in [2.75, 3.05) is 10.6 Å². The quantitative estimate of drug-likeness (QED) is 0.821. The second-order valence-electron chi connectivity index (χ2n) is 5.30. The fourth-order valence-corrected chi connectivity index (χ4v) is 2.37. The lowest BCUT2D eigenvalue weighted by molar-refractivity contribution is 0.0995. The SMILES string of the molecule is NC(=O)c1cccc(N(Cc2ccccc2N)C2CC2)n1. The predicted octanol–water partition coefficient (Wildman–Crippen LogP) is 1.93. The molecule has 0 radical (unpaired) electrons. The second-order valence-corrected chi connectivity index (χ2v) is 5.30. The first-order valence-electron chi connectivity index (χ1n) is 7.02. The van der Waals surface area contributed by atoms with Crippen LogP contribution in [0.15, 0.2) is 42.5 Å². The third kappa shape index (κ3) is 2.97. The van der Waals surface area contributed by atoms with Gasteiger partial charge in [-0.2, -0.15) is 0 Å². The van der Waals surface area contributed by atoms with Crippen molar-refractivity contribution in [2.24, 2.45) is 5.73 Å². The number of pyridine rings is 1. The van der Waals surface area contributed by atoms with Crippen molar-refractivity contribution in [1.82, 2.24) is 4.98 Å². The first-order valence-corrected chi connectivity index (χ1v) is 7.02. The first-order chi connectivity index (χ1) is 10.1. The molecule has 1 aliphatic carbocycles. The van der Waals surface area contributed by atoms with Crippen LogP contribution in [-0.4, -0.2) is 16.9 Å². The molecule has 0 atom stereocenters. The Morgan fingerprint density at radius 1 is 1.19 bits per heavy atom. The Labute approximate surface area is 123 Å². The number of hydrogen-bond donors (Lipinski definition) is 2. The van der Waals surface area contributed by atoms with Gasteiger partial charge in [-0.15, -0.1) is 0 Å². The lowest BCUT2D eigenvalue weighted by Gasteiger charge is -2.24. The molecule has 21 heavy (non-hydrogen) atoms. The van der Waals surface area contributed by atoms with Crippen molar-refractivity contribution in [2.45, 2.75) is 25.4 Å². The van der Waals surface area contributed by atoms with Gasteiger partial charge in [-0.25, -0.2) is 4.98 Å². The van der Waals surface area contributed by atoms with Crippen molar-refractivity contribution in [3.8, 4) is 0 Å². The summed E-state index contributed by atoms with van der Waals surface area (Å²) in [6.07, 6.45) is 2.27. The summed E-state index contributed by atoms with van der Waals surface area (Å²) >= 11 is 0. The molecule has 0 bridgehead atoms. The van der Waals surface area contributed by atoms with Gasteiger partial charge in [0.1, 0.15) is 11.5 Å². The number of nitrogens with zero attached hydrogens (tertiary/aromatic N) is 2. The molecule has 1 aliphatic rings. The van der Waals surface area contributed by atoms with E-state index in [-0.39, 0.29) is 0 Å². The van der Waals surface area contributed by atoms with Crippen molar-refractivity contribution in [3.05, 3.63) is 53.7 Å². The number of rotatable bonds is 5. The molecule has 1 heterocycles. The highest BCUT2D eigenvalue weighted by molar-refractivity contribution is 5.91. The zero-order valence-corrected chi connectivity index (χ0v) is 11.7. The summed E-state index contributed by atoms with van der Waals surface area (Å²) in [6, 6.07) is 13.6. The molecule has 3 rings (SSSR count). The van der Waals surface area contributed by atoms with Gasteiger partial charge in [-0.3, -0.25) is 4.79 Å². The van der Waals surface area contributed by atoms with Crippen molar-refractivity contribution in [3.63, 3.8) is 0 Å². The van der Waals surface area contributed by atoms with Crippen LogP contribution >= 0.6 is 0 Å². The van der Waals surface area contributed by atoms with Crippen molar-refractivity contribution in [1.29, 1.82) is 0 Å². The average molecular weight is 282 g/mol. The zero-order chi connectivity index (χ0) is 14.8. The Kier molecular flexibility index (Phi) is 3.48. The van der Waals surface area contributed by atoms with Gasteiger partial charge in [0.05, 0.1) is 0 Å². The molecule has 1 aromatic carbocycles. The highest BCUT2D eigenvalue weighted by Gasteiger charge is 2.30. The Balaban J connectivity index is 1.90. The number of aromatic nitrogens is 1. The number of carbonyl (C=O) groups is 1. The molecule has 0 spiro atoms. The molecule has 0 aliphatic heterocycles. The van der Waals surface area contributed by atoms with Crippen LogP contribution in [0.2, 0.25) is 0 Å². The van der Waals surface area contributed by atoms with E-state index >= 15 is 0 Å². The maximum absolute atomic E-state index is 11.3. The lowest BCUT2D eigenvalue weighted by atomic mass is 10.1. The third-order valence-electron chi connectivity index (χ3n) is 3.66. The molecule has 2 aromatic rings. The normalized spacial score (nSPS) is 13.9. The van der Waals surface area contributed by atoms with Gasteiger partial charge in [0, 0.05) is 18.3 Å². The van der Waals surface area contributed by atoms with Gasteiger partial charge in [-0.1, -0.05) is 24.3 Å². The van der Waals surface area contributed by atoms with E-state index in [2.05, 4.69) is 9.88 Å². The van der Waals surface area contributed by atoms with E-state index in [0.29, 0.717) is 18.3 Å². The smallest absolute Gasteiger partial charge is 0.267 e. The molecule has 0 unspecified atom stereocenters. The van der Waals surface area contributed by atoms with Crippen LogP contribution in [0.25, 0.3) is 0 Å². The molecule has 5 nitrogen and oxygen atoms in total. The number of carbonyl (C=O) groups excluding carboxylic acids is 1. The topological polar surface area (TPSA) is 85.2 Å². The first kappa shape index (κ1) is 13.4. The summed E-state index contributed by atoms with van der Waals surface area (Å²) in [5, 5.41) is 0. The highest BCUT2D eigenvalue weighted by atomic mass is 16.1. The largest absolute Gasteiger partial charge is 0.398 e. The van der Waals surface area contributed by atoms with Gasteiger partial charge in [0.15, 0.2) is 0 Å². The van der Waals surface area contributed by atoms with Gasteiger partial charge >= 0.3 is 0 Å². The third-order valence-corrected chi connectivity index (χ3v) is 3.66. The van der Waals surface area contributed by atoms with Crippen LogP contribution in [0.3, 0.4) is 0 Å². The van der Waals surface area contributed by atoms with Gasteiger partial charge in [-0.05, 0) is 36.6 Å². The number of nitrogen functional groups attached to an aromatic ring is 1. The number of nitrogens with two attached hydrogens (primary N) is 2. The summed E-state index contributed by atoms with van der Waals surface area (Å²) in [5.41, 5.74) is 13.5. The highest BCUT2D eigenvalue weighted by Crippen LogP contribution is 2.32. The Bertz CT molecular complexity index is 667. The maximum atomic E-state index is 11.3. The van der Waals surface area contributed by atoms with Crippen LogP contribution in [0.1, 0.15) is 28.9 Å². The molecule has 1 amide bonds. The Morgan fingerprint density at radius 2 is 1.95 bits per heavy atom. The van der Waals surface area contributed by atoms with E-state index in [1.807, 2.05) is 36.4 Å². The summed E-state index contributed by atoms with van der Waals surface area (Å²) in [6.45, 7) is 0.687. The van der Waals surface area contributed by atoms with Crippen LogP contribution in [-0.2, 0) is 6.54 Å². The zero-order valence-electron chi connectivity index (χ0n) is 11.7. The molecule has 1 aromatic heterocycles. The number of primary amides is 1. The van der Waals surface area contributed by atoms with Crippen LogP contribution in [0.5, 0.6) is 0 Å². The lowest BCUT2D eigenvalue weighted by Crippen LogP contribution is -2.27. The summed E-state index contributed by atoms with van der Waals surface area (Å²) in [7, 11) is 0. The second kappa shape index (κ2) is 5.44. The molecular weight excluding hydrogens is 264 g/mol. The monoisotopic (exact) mass is 282 g/mol. The molecule has 108 valence electrons. The minimum Gasteiger partial charge on any atom is -0.398 e. The van der Waals surface area contributed by atoms with E-state index in [9.17, 15) is 4.79 Å². The minimum atomic E-state index is -0.508. The van der Waals surface area contributed by atoms with Crippen molar-refractivity contribution < 1.29 is 4.79 Å². The molecule has 4 N–H and O–H groups in total. The summed E-state index contributed by atoms with van der Waals surface area (Å²) < 4.78 is 0. The summed E-state index contributed by atoms with van der Waals surface area (Å²) in [5.74, 6) is 0.267. The number of amides is 1. The van der Waals surface area contributed by atoms with E-state index in [1.165, 1.54) is 0 Å². The molecule has 5 heteroatoms. The van der Waals surface area contributed by atoms with Gasteiger partial charge < -0.3 is 16.4 Å². The van der Waals surface area contributed by atoms with Crippen LogP contribution < -0.4 is 16.4 Å². The average Bonchev–Trinajstić information content (AvgIpc) is 3.31. The Hall–Kier alpha value is -2.56. The van der Waals surface area contributed by atoms with E-state index in [0.717, 1.165) is 29.9 Å². The fourth-order valence-electron chi connectivity index (χ4n) is 2.37. The molecular formula is C16H18N4O. The number of hydrogen-bond acceptors (Lipinski definition) is 4. The van der Waals surface area contributed by atoms with E-state index in [4.69, 9.17) is 11.5 Å². The predicted molar refractivity (Wildman–Crippen MR) is 82.8 cm³/mol. The fraction of sp³-hybridized carbons (Fsp3) is 0.250. The number of para-hydroxylation sites is 1. The number of benzene rings is 1. The molecule has 1 saturated carbocycles. The standard InChI is InChI=1S/C16H18N4O/c17-13-5-2-1-4-11(13)10-20(12-8-9-12)15-7-3-6-14(19-15)16(18)21/h1-7,12H,8-10,17H2,(H2,18,21). The van der Waals surface area contributed by atoms with E-state index < -0.39 is 5.91 Å². The van der Waals surface area contributed by atoms with Crippen molar-refractivity contribution >= 4 is 17.4 Å². The van der Waals surface area contributed by atoms with Crippen LogP contribution in [0, 0.1) is 0 Å². The summed E-state index contributed by atoms with van der Waals surface area (Å²) in [4.78, 5) is 17.9. The van der Waals surface area contributed by atoms with Gasteiger partial charge in [0.25, 0.3) is 5.91 Å². The maximum Gasteiger partial charge on any atom is 0.267 e. The molecule has 1 fully saturated rings. The Morgan fingerprint density at radius 3 is 2.62 bits per heavy atom. The number of anilines is 2.